The normalized spacial score (nSPS) is 15.4. The molecule has 5 nitrogen and oxygen atoms in total. The van der Waals surface area contributed by atoms with Crippen LogP contribution in [0.3, 0.4) is 0 Å². The highest BCUT2D eigenvalue weighted by Crippen LogP contribution is 2.15. The molecule has 0 atom stereocenters. The minimum Gasteiger partial charge on any atom is -0.349 e. The van der Waals surface area contributed by atoms with Crippen molar-refractivity contribution in [3.05, 3.63) is 16.1 Å². The number of aromatic nitrogens is 1. The molecule has 1 saturated heterocycles. The van der Waals surface area contributed by atoms with Gasteiger partial charge in [-0.15, -0.1) is 11.3 Å². The summed E-state index contributed by atoms with van der Waals surface area (Å²) >= 11 is 3.35. The van der Waals surface area contributed by atoms with Gasteiger partial charge in [-0.1, -0.05) is 0 Å². The molecule has 1 aliphatic heterocycles. The highest BCUT2D eigenvalue weighted by atomic mass is 32.2. The lowest BCUT2D eigenvalue weighted by Gasteiger charge is -2.25. The van der Waals surface area contributed by atoms with E-state index in [0.717, 1.165) is 29.3 Å². The molecule has 1 fully saturated rings. The summed E-state index contributed by atoms with van der Waals surface area (Å²) in [5, 5.41) is 5.87. The maximum absolute atomic E-state index is 11.8. The molecule has 0 bridgehead atoms. The molecule has 1 N–H and O–H groups in total. The van der Waals surface area contributed by atoms with Crippen LogP contribution in [0.2, 0.25) is 0 Å². The van der Waals surface area contributed by atoms with Gasteiger partial charge in [0, 0.05) is 24.1 Å². The summed E-state index contributed by atoms with van der Waals surface area (Å²) < 4.78 is 0. The van der Waals surface area contributed by atoms with Crippen LogP contribution in [0.1, 0.15) is 30.0 Å². The molecule has 110 valence electrons. The first kappa shape index (κ1) is 15.3. The third kappa shape index (κ3) is 4.49. The van der Waals surface area contributed by atoms with E-state index in [1.54, 1.807) is 28.0 Å². The van der Waals surface area contributed by atoms with Crippen molar-refractivity contribution in [1.82, 2.24) is 15.2 Å². The van der Waals surface area contributed by atoms with Crippen molar-refractivity contribution in [1.29, 1.82) is 0 Å². The second kappa shape index (κ2) is 7.64. The quantitative estimate of drug-likeness (QED) is 0.867. The Balaban J connectivity index is 1.75. The van der Waals surface area contributed by atoms with Gasteiger partial charge in [0.1, 0.15) is 5.01 Å². The molecule has 1 aromatic heterocycles. The van der Waals surface area contributed by atoms with Gasteiger partial charge in [-0.2, -0.15) is 11.8 Å². The van der Waals surface area contributed by atoms with Gasteiger partial charge in [0.05, 0.1) is 18.8 Å². The highest BCUT2D eigenvalue weighted by molar-refractivity contribution is 7.97. The van der Waals surface area contributed by atoms with E-state index in [2.05, 4.69) is 10.3 Å². The van der Waals surface area contributed by atoms with Crippen molar-refractivity contribution in [3.63, 3.8) is 0 Å². The van der Waals surface area contributed by atoms with Crippen LogP contribution in [0.5, 0.6) is 0 Å². The van der Waals surface area contributed by atoms with Crippen LogP contribution in [0.4, 0.5) is 0 Å². The third-order valence-corrected chi connectivity index (χ3v) is 4.73. The highest BCUT2D eigenvalue weighted by Gasteiger charge is 2.20. The summed E-state index contributed by atoms with van der Waals surface area (Å²) in [5.74, 6) is 0.878. The third-order valence-electron chi connectivity index (χ3n) is 3.09. The van der Waals surface area contributed by atoms with Crippen LogP contribution in [0.25, 0.3) is 0 Å². The summed E-state index contributed by atoms with van der Waals surface area (Å²) in [6.07, 6.45) is 4.53. The van der Waals surface area contributed by atoms with Gasteiger partial charge in [-0.3, -0.25) is 9.59 Å². The Morgan fingerprint density at radius 2 is 2.40 bits per heavy atom. The van der Waals surface area contributed by atoms with Crippen molar-refractivity contribution in [2.45, 2.75) is 31.6 Å². The minimum absolute atomic E-state index is 0.0855. The number of carbonyl (C=O) groups is 2. The smallest absolute Gasteiger partial charge is 0.239 e. The number of likely N-dealkylation sites (tertiary alicyclic amines) is 1. The predicted octanol–water partition coefficient (Wildman–Crippen LogP) is 1.63. The van der Waals surface area contributed by atoms with E-state index >= 15 is 0 Å². The topological polar surface area (TPSA) is 62.3 Å². The zero-order chi connectivity index (χ0) is 14.4. The van der Waals surface area contributed by atoms with E-state index in [4.69, 9.17) is 0 Å². The van der Waals surface area contributed by atoms with E-state index in [1.165, 1.54) is 0 Å². The summed E-state index contributed by atoms with van der Waals surface area (Å²) in [7, 11) is 0. The summed E-state index contributed by atoms with van der Waals surface area (Å²) in [6, 6.07) is 0. The number of carbonyl (C=O) groups excluding carboxylic acids is 2. The molecule has 0 aromatic carbocycles. The van der Waals surface area contributed by atoms with Crippen molar-refractivity contribution in [3.8, 4) is 0 Å². The van der Waals surface area contributed by atoms with E-state index in [1.807, 2.05) is 11.6 Å². The zero-order valence-electron chi connectivity index (χ0n) is 11.6. The Labute approximate surface area is 127 Å². The first-order valence-corrected chi connectivity index (χ1v) is 8.93. The molecular weight excluding hydrogens is 294 g/mol. The van der Waals surface area contributed by atoms with Crippen LogP contribution in [-0.4, -0.2) is 41.0 Å². The van der Waals surface area contributed by atoms with Gasteiger partial charge in [-0.25, -0.2) is 4.98 Å². The molecule has 2 amide bonds. The number of piperidine rings is 1. The molecule has 0 aliphatic carbocycles. The van der Waals surface area contributed by atoms with Crippen LogP contribution in [-0.2, 0) is 21.9 Å². The first-order valence-electron chi connectivity index (χ1n) is 6.65. The predicted molar refractivity (Wildman–Crippen MR) is 81.6 cm³/mol. The number of hydrogen-bond acceptors (Lipinski definition) is 5. The lowest BCUT2D eigenvalue weighted by Crippen LogP contribution is -2.42. The van der Waals surface area contributed by atoms with Crippen molar-refractivity contribution < 1.29 is 9.59 Å². The average Bonchev–Trinajstić information content (AvgIpc) is 2.87. The maximum Gasteiger partial charge on any atom is 0.239 e. The molecule has 1 aromatic rings. The Bertz CT molecular complexity index is 476. The lowest BCUT2D eigenvalue weighted by atomic mass is 10.1. The Morgan fingerprint density at radius 3 is 3.15 bits per heavy atom. The molecule has 0 unspecified atom stereocenters. The largest absolute Gasteiger partial charge is 0.349 e. The number of rotatable bonds is 6. The van der Waals surface area contributed by atoms with E-state index in [-0.39, 0.29) is 18.4 Å². The van der Waals surface area contributed by atoms with E-state index in [0.29, 0.717) is 19.5 Å². The molecule has 0 spiro atoms. The monoisotopic (exact) mass is 313 g/mol. The molecule has 20 heavy (non-hydrogen) atoms. The first-order chi connectivity index (χ1) is 9.69. The Hall–Kier alpha value is -1.08. The number of nitrogens with zero attached hydrogens (tertiary/aromatic N) is 2. The Kier molecular flexibility index (Phi) is 5.85. The van der Waals surface area contributed by atoms with Crippen LogP contribution in [0, 0.1) is 0 Å². The average molecular weight is 313 g/mol. The number of nitrogens with one attached hydrogen (secondary N) is 1. The fourth-order valence-electron chi connectivity index (χ4n) is 2.07. The second-order valence-electron chi connectivity index (χ2n) is 4.71. The molecule has 2 rings (SSSR count). The summed E-state index contributed by atoms with van der Waals surface area (Å²) in [4.78, 5) is 29.5. The van der Waals surface area contributed by atoms with Crippen LogP contribution < -0.4 is 5.32 Å². The number of hydrogen-bond donors (Lipinski definition) is 1. The SMILES string of the molecule is CSCc1nc(CNC(=O)CN2CCCCC2=O)cs1. The molecular formula is C13H19N3O2S2. The van der Waals surface area contributed by atoms with Gasteiger partial charge >= 0.3 is 0 Å². The fraction of sp³-hybridized carbons (Fsp3) is 0.615. The maximum atomic E-state index is 11.8. The standard InChI is InChI=1S/C13H19N3O2S2/c1-19-9-12-15-10(8-20-12)6-14-11(17)7-16-5-3-2-4-13(16)18/h8H,2-7,9H2,1H3,(H,14,17). The zero-order valence-corrected chi connectivity index (χ0v) is 13.2. The van der Waals surface area contributed by atoms with Crippen molar-refractivity contribution in [2.75, 3.05) is 19.3 Å². The van der Waals surface area contributed by atoms with Crippen LogP contribution >= 0.6 is 23.1 Å². The molecule has 0 saturated carbocycles. The van der Waals surface area contributed by atoms with Gasteiger partial charge in [0.25, 0.3) is 0 Å². The molecule has 0 radical (unpaired) electrons. The second-order valence-corrected chi connectivity index (χ2v) is 6.52. The fourth-order valence-corrected chi connectivity index (χ4v) is 3.58. The Morgan fingerprint density at radius 1 is 1.55 bits per heavy atom. The number of thiazole rings is 1. The summed E-state index contributed by atoms with van der Waals surface area (Å²) in [6.45, 7) is 1.30. The van der Waals surface area contributed by atoms with Gasteiger partial charge in [0.2, 0.25) is 11.8 Å². The molecule has 1 aliphatic rings. The van der Waals surface area contributed by atoms with Gasteiger partial charge < -0.3 is 10.2 Å². The van der Waals surface area contributed by atoms with Crippen molar-refractivity contribution in [2.24, 2.45) is 0 Å². The lowest BCUT2D eigenvalue weighted by molar-refractivity contribution is -0.137. The molecule has 2 heterocycles. The van der Waals surface area contributed by atoms with Gasteiger partial charge in [0.15, 0.2) is 0 Å². The van der Waals surface area contributed by atoms with E-state index < -0.39 is 0 Å². The number of amides is 2. The molecule has 7 heteroatoms. The minimum atomic E-state index is -0.111. The number of thioether (sulfide) groups is 1. The van der Waals surface area contributed by atoms with Gasteiger partial charge in [-0.05, 0) is 19.1 Å². The summed E-state index contributed by atoms with van der Waals surface area (Å²) in [5.41, 5.74) is 0.886. The van der Waals surface area contributed by atoms with Crippen molar-refractivity contribution >= 4 is 34.9 Å². The van der Waals surface area contributed by atoms with Crippen LogP contribution in [0.15, 0.2) is 5.38 Å². The van der Waals surface area contributed by atoms with E-state index in [9.17, 15) is 9.59 Å².